The average Bonchev–Trinajstić information content (AvgIpc) is 3.20. The van der Waals surface area contributed by atoms with E-state index in [0.717, 1.165) is 5.69 Å². The van der Waals surface area contributed by atoms with Gasteiger partial charge in [0.05, 0.1) is 22.7 Å². The molecule has 1 amide bonds. The molecule has 3 aromatic rings. The first-order chi connectivity index (χ1) is 13.2. The molecule has 2 aromatic heterocycles. The van der Waals surface area contributed by atoms with Crippen LogP contribution in [0.2, 0.25) is 0 Å². The highest BCUT2D eigenvalue weighted by Crippen LogP contribution is 2.21. The van der Waals surface area contributed by atoms with Crippen molar-refractivity contribution in [3.63, 3.8) is 0 Å². The van der Waals surface area contributed by atoms with E-state index in [0.29, 0.717) is 10.9 Å². The number of benzene rings is 1. The van der Waals surface area contributed by atoms with Crippen LogP contribution in [0.1, 0.15) is 26.5 Å². The summed E-state index contributed by atoms with van der Waals surface area (Å²) in [4.78, 5) is 25.3. The van der Waals surface area contributed by atoms with Crippen molar-refractivity contribution in [1.29, 1.82) is 0 Å². The number of hydrogen-bond donors (Lipinski definition) is 1. The molecular formula is C18H23N7O2S. The van der Waals surface area contributed by atoms with Crippen LogP contribution in [0.4, 0.5) is 5.69 Å². The number of para-hydroxylation sites is 1. The molecule has 3 rings (SSSR count). The number of rotatable bonds is 5. The average molecular weight is 401 g/mol. The maximum absolute atomic E-state index is 12.8. The van der Waals surface area contributed by atoms with Crippen LogP contribution in [0.5, 0.6) is 0 Å². The van der Waals surface area contributed by atoms with E-state index < -0.39 is 0 Å². The zero-order valence-electron chi connectivity index (χ0n) is 16.5. The number of nitrogens with zero attached hydrogens (tertiary/aromatic N) is 6. The Kier molecular flexibility index (Phi) is 5.41. The van der Waals surface area contributed by atoms with Gasteiger partial charge in [-0.15, -0.1) is 5.10 Å². The first-order valence-electron chi connectivity index (χ1n) is 8.75. The molecule has 1 aromatic carbocycles. The van der Waals surface area contributed by atoms with Gasteiger partial charge in [0.1, 0.15) is 5.69 Å². The largest absolute Gasteiger partial charge is 0.319 e. The lowest BCUT2D eigenvalue weighted by Crippen LogP contribution is -2.25. The normalized spacial score (nSPS) is 11.6. The van der Waals surface area contributed by atoms with Crippen LogP contribution in [-0.2, 0) is 17.4 Å². The molecule has 0 aliphatic heterocycles. The lowest BCUT2D eigenvalue weighted by atomic mass is 10.1. The number of thioether (sulfide) groups is 1. The van der Waals surface area contributed by atoms with Crippen LogP contribution in [0.3, 0.4) is 0 Å². The van der Waals surface area contributed by atoms with Gasteiger partial charge >= 0.3 is 0 Å². The molecule has 28 heavy (non-hydrogen) atoms. The Morgan fingerprint density at radius 2 is 1.89 bits per heavy atom. The van der Waals surface area contributed by atoms with Gasteiger partial charge in [0.2, 0.25) is 11.1 Å². The summed E-state index contributed by atoms with van der Waals surface area (Å²) in [6, 6.07) is 9.29. The van der Waals surface area contributed by atoms with Crippen LogP contribution in [-0.4, -0.2) is 41.2 Å². The number of tetrazole rings is 1. The number of hydrogen-bond acceptors (Lipinski definition) is 6. The number of carbonyl (C=O) groups excluding carboxylic acids is 1. The highest BCUT2D eigenvalue weighted by atomic mass is 32.2. The monoisotopic (exact) mass is 401 g/mol. The Morgan fingerprint density at radius 3 is 2.54 bits per heavy atom. The van der Waals surface area contributed by atoms with E-state index in [-0.39, 0.29) is 28.4 Å². The van der Waals surface area contributed by atoms with Crippen molar-refractivity contribution in [2.24, 2.45) is 7.05 Å². The van der Waals surface area contributed by atoms with Gasteiger partial charge in [-0.1, -0.05) is 30.0 Å². The van der Waals surface area contributed by atoms with Crippen molar-refractivity contribution in [2.45, 2.75) is 38.4 Å². The second-order valence-corrected chi connectivity index (χ2v) is 8.26. The van der Waals surface area contributed by atoms with Gasteiger partial charge in [0.25, 0.3) is 5.56 Å². The van der Waals surface area contributed by atoms with Gasteiger partial charge in [-0.25, -0.2) is 9.36 Å². The van der Waals surface area contributed by atoms with Crippen molar-refractivity contribution >= 4 is 23.4 Å². The third-order valence-electron chi connectivity index (χ3n) is 4.23. The summed E-state index contributed by atoms with van der Waals surface area (Å²) in [5.74, 6) is -0.199. The molecule has 9 nitrogen and oxygen atoms in total. The molecule has 2 heterocycles. The molecule has 0 radical (unpaired) electrons. The first kappa shape index (κ1) is 19.9. The van der Waals surface area contributed by atoms with E-state index in [2.05, 4.69) is 20.8 Å². The Morgan fingerprint density at radius 1 is 1.21 bits per heavy atom. The predicted molar refractivity (Wildman–Crippen MR) is 108 cm³/mol. The molecule has 10 heteroatoms. The Hall–Kier alpha value is -2.88. The molecule has 148 valence electrons. The van der Waals surface area contributed by atoms with E-state index in [4.69, 9.17) is 0 Å². The predicted octanol–water partition coefficient (Wildman–Crippen LogP) is 1.96. The van der Waals surface area contributed by atoms with Crippen molar-refractivity contribution in [3.8, 4) is 5.69 Å². The molecule has 0 aliphatic carbocycles. The van der Waals surface area contributed by atoms with Crippen LogP contribution >= 0.6 is 11.8 Å². The van der Waals surface area contributed by atoms with E-state index in [9.17, 15) is 9.59 Å². The van der Waals surface area contributed by atoms with E-state index in [1.54, 1.807) is 23.3 Å². The lowest BCUT2D eigenvalue weighted by Gasteiger charge is -2.19. The summed E-state index contributed by atoms with van der Waals surface area (Å²) in [5, 5.41) is 14.9. The quantitative estimate of drug-likeness (QED) is 0.656. The molecular weight excluding hydrogens is 378 g/mol. The highest BCUT2D eigenvalue weighted by Gasteiger charge is 2.22. The van der Waals surface area contributed by atoms with Crippen molar-refractivity contribution in [3.05, 3.63) is 46.4 Å². The van der Waals surface area contributed by atoms with Crippen molar-refractivity contribution in [1.82, 2.24) is 29.6 Å². The molecule has 1 N–H and O–H groups in total. The molecule has 0 aliphatic rings. The van der Waals surface area contributed by atoms with Crippen LogP contribution < -0.4 is 10.9 Å². The molecule has 0 saturated heterocycles. The number of aromatic nitrogens is 6. The van der Waals surface area contributed by atoms with Crippen LogP contribution in [0.15, 0.2) is 40.3 Å². The van der Waals surface area contributed by atoms with Gasteiger partial charge in [0, 0.05) is 7.05 Å². The SMILES string of the molecule is Cc1c(NC(=O)CSc2nnnn2C(C)(C)C)c(=O)n(-c2ccccc2)n1C. The fourth-order valence-corrected chi connectivity index (χ4v) is 3.57. The van der Waals surface area contributed by atoms with E-state index in [1.165, 1.54) is 16.4 Å². The smallest absolute Gasteiger partial charge is 0.295 e. The Balaban J connectivity index is 1.77. The lowest BCUT2D eigenvalue weighted by molar-refractivity contribution is -0.113. The number of anilines is 1. The zero-order chi connectivity index (χ0) is 20.5. The third-order valence-corrected chi connectivity index (χ3v) is 5.15. The third kappa shape index (κ3) is 3.86. The molecule has 0 atom stereocenters. The maximum Gasteiger partial charge on any atom is 0.295 e. The van der Waals surface area contributed by atoms with Gasteiger partial charge in [-0.05, 0) is 50.3 Å². The minimum Gasteiger partial charge on any atom is -0.319 e. The van der Waals surface area contributed by atoms with Gasteiger partial charge in [-0.2, -0.15) is 0 Å². The zero-order valence-corrected chi connectivity index (χ0v) is 17.3. The second-order valence-electron chi connectivity index (χ2n) is 7.32. The minimum atomic E-state index is -0.292. The molecule has 0 fully saturated rings. The van der Waals surface area contributed by atoms with E-state index >= 15 is 0 Å². The Labute approximate surface area is 166 Å². The summed E-state index contributed by atoms with van der Waals surface area (Å²) < 4.78 is 4.92. The highest BCUT2D eigenvalue weighted by molar-refractivity contribution is 7.99. The molecule has 0 saturated carbocycles. The van der Waals surface area contributed by atoms with Crippen LogP contribution in [0.25, 0.3) is 5.69 Å². The fourth-order valence-electron chi connectivity index (χ4n) is 2.71. The fraction of sp³-hybridized carbons (Fsp3) is 0.389. The minimum absolute atomic E-state index is 0.0928. The number of carbonyl (C=O) groups is 1. The number of nitrogens with one attached hydrogen (secondary N) is 1. The molecule has 0 spiro atoms. The first-order valence-corrected chi connectivity index (χ1v) is 9.74. The van der Waals surface area contributed by atoms with E-state index in [1.807, 2.05) is 51.1 Å². The standard InChI is InChI=1S/C18H23N7O2S/c1-12-15(16(27)24(23(12)5)13-9-7-6-8-10-13)19-14(26)11-28-17-20-21-22-25(17)18(2,3)4/h6-10H,11H2,1-5H3,(H,19,26). The van der Waals surface area contributed by atoms with Crippen molar-refractivity contribution in [2.75, 3.05) is 11.1 Å². The van der Waals surface area contributed by atoms with Gasteiger partial charge in [-0.3, -0.25) is 14.3 Å². The molecule has 0 bridgehead atoms. The summed E-state index contributed by atoms with van der Waals surface area (Å²) in [7, 11) is 1.78. The topological polar surface area (TPSA) is 99.6 Å². The van der Waals surface area contributed by atoms with Gasteiger partial charge in [0.15, 0.2) is 0 Å². The Bertz CT molecular complexity index is 1040. The van der Waals surface area contributed by atoms with Gasteiger partial charge < -0.3 is 5.32 Å². The summed E-state index contributed by atoms with van der Waals surface area (Å²) in [6.45, 7) is 7.73. The van der Waals surface area contributed by atoms with Crippen LogP contribution in [0, 0.1) is 6.92 Å². The number of amides is 1. The summed E-state index contributed by atoms with van der Waals surface area (Å²) >= 11 is 1.23. The second kappa shape index (κ2) is 7.63. The molecule has 0 unspecified atom stereocenters. The summed E-state index contributed by atoms with van der Waals surface area (Å²) in [6.07, 6.45) is 0. The summed E-state index contributed by atoms with van der Waals surface area (Å²) in [5.41, 5.74) is 1.11. The maximum atomic E-state index is 12.8. The van der Waals surface area contributed by atoms with Crippen molar-refractivity contribution < 1.29 is 4.79 Å².